The summed E-state index contributed by atoms with van der Waals surface area (Å²) in [6, 6.07) is 0. The summed E-state index contributed by atoms with van der Waals surface area (Å²) in [5.41, 5.74) is 0. The van der Waals surface area contributed by atoms with E-state index < -0.39 is 0 Å². The molecule has 0 bridgehead atoms. The normalized spacial score (nSPS) is 11.4. The fraction of sp³-hybridized carbons (Fsp3) is 0.917. The van der Waals surface area contributed by atoms with Crippen molar-refractivity contribution in [3.05, 3.63) is 0 Å². The lowest BCUT2D eigenvalue weighted by molar-refractivity contribution is -0.149. The van der Waals surface area contributed by atoms with Crippen LogP contribution in [-0.2, 0) is 52.2 Å². The van der Waals surface area contributed by atoms with E-state index in [-0.39, 0.29) is 37.0 Å². The standard InChI is InChI=1S/C24H46O11/c1-21(2)23(25)34-19-17-32-15-13-30-11-9-28-7-5-27-6-8-29-10-12-31-14-16-33-18-20-35-24(26)22(3)4/h21-22H,5-20H2,1-4H3. The number of carbonyl (C=O) groups is 2. The van der Waals surface area contributed by atoms with Crippen LogP contribution in [0.4, 0.5) is 0 Å². The highest BCUT2D eigenvalue weighted by Gasteiger charge is 2.07. The molecular formula is C24H46O11. The van der Waals surface area contributed by atoms with Crippen molar-refractivity contribution in [2.24, 2.45) is 11.8 Å². The molecular weight excluding hydrogens is 464 g/mol. The van der Waals surface area contributed by atoms with Crippen LogP contribution in [0.15, 0.2) is 0 Å². The van der Waals surface area contributed by atoms with E-state index in [2.05, 4.69) is 0 Å². The van der Waals surface area contributed by atoms with E-state index >= 15 is 0 Å². The first-order chi connectivity index (χ1) is 16.9. The highest BCUT2D eigenvalue weighted by molar-refractivity contribution is 5.71. The predicted molar refractivity (Wildman–Crippen MR) is 127 cm³/mol. The van der Waals surface area contributed by atoms with Gasteiger partial charge in [0, 0.05) is 0 Å². The minimum Gasteiger partial charge on any atom is -0.463 e. The third-order valence-corrected chi connectivity index (χ3v) is 4.12. The van der Waals surface area contributed by atoms with Gasteiger partial charge in [-0.25, -0.2) is 0 Å². The second kappa shape index (κ2) is 25.7. The number of hydrogen-bond donors (Lipinski definition) is 0. The van der Waals surface area contributed by atoms with Gasteiger partial charge in [-0.2, -0.15) is 0 Å². The average Bonchev–Trinajstić information content (AvgIpc) is 2.83. The van der Waals surface area contributed by atoms with Crippen LogP contribution in [-0.4, -0.2) is 118 Å². The lowest BCUT2D eigenvalue weighted by Gasteiger charge is -2.09. The SMILES string of the molecule is CC(C)C(=O)OCCOCCOCCOCCOCCOCCOCCOCCOC(=O)C(C)C. The zero-order chi connectivity index (χ0) is 26.0. The molecule has 11 heteroatoms. The Balaban J connectivity index is 3.10. The van der Waals surface area contributed by atoms with E-state index in [1.54, 1.807) is 27.7 Å². The molecule has 0 aromatic heterocycles. The van der Waals surface area contributed by atoms with E-state index in [0.717, 1.165) is 0 Å². The molecule has 0 heterocycles. The van der Waals surface area contributed by atoms with Crippen LogP contribution in [0.25, 0.3) is 0 Å². The Hall–Kier alpha value is -1.34. The van der Waals surface area contributed by atoms with Crippen molar-refractivity contribution < 1.29 is 52.2 Å². The Morgan fingerprint density at radius 3 is 0.714 bits per heavy atom. The van der Waals surface area contributed by atoms with Crippen LogP contribution in [0, 0.1) is 11.8 Å². The van der Waals surface area contributed by atoms with Gasteiger partial charge in [-0.1, -0.05) is 27.7 Å². The molecule has 0 rings (SSSR count). The van der Waals surface area contributed by atoms with E-state index in [1.165, 1.54) is 0 Å². The summed E-state index contributed by atoms with van der Waals surface area (Å²) < 4.78 is 47.6. The van der Waals surface area contributed by atoms with Gasteiger partial charge < -0.3 is 42.6 Å². The molecule has 208 valence electrons. The highest BCUT2D eigenvalue weighted by atomic mass is 16.6. The summed E-state index contributed by atoms with van der Waals surface area (Å²) in [5.74, 6) is -0.687. The summed E-state index contributed by atoms with van der Waals surface area (Å²) in [7, 11) is 0. The van der Waals surface area contributed by atoms with Crippen LogP contribution < -0.4 is 0 Å². The van der Waals surface area contributed by atoms with Crippen molar-refractivity contribution in [2.45, 2.75) is 27.7 Å². The highest BCUT2D eigenvalue weighted by Crippen LogP contribution is 1.96. The quantitative estimate of drug-likeness (QED) is 0.124. The van der Waals surface area contributed by atoms with E-state index in [4.69, 9.17) is 42.6 Å². The van der Waals surface area contributed by atoms with Gasteiger partial charge in [0.15, 0.2) is 0 Å². The largest absolute Gasteiger partial charge is 0.463 e. The zero-order valence-electron chi connectivity index (χ0n) is 22.0. The molecule has 0 radical (unpaired) electrons. The lowest BCUT2D eigenvalue weighted by atomic mass is 10.2. The topological polar surface area (TPSA) is 117 Å². The fourth-order valence-corrected chi connectivity index (χ4v) is 2.16. The van der Waals surface area contributed by atoms with Gasteiger partial charge in [0.2, 0.25) is 0 Å². The van der Waals surface area contributed by atoms with Gasteiger partial charge in [-0.05, 0) is 0 Å². The summed E-state index contributed by atoms with van der Waals surface area (Å²) >= 11 is 0. The van der Waals surface area contributed by atoms with Crippen LogP contribution in [0.2, 0.25) is 0 Å². The van der Waals surface area contributed by atoms with Crippen molar-refractivity contribution in [1.82, 2.24) is 0 Å². The molecule has 11 nitrogen and oxygen atoms in total. The predicted octanol–water partition coefficient (Wildman–Crippen LogP) is 1.50. The molecule has 0 saturated carbocycles. The Bertz CT molecular complexity index is 444. The number of carbonyl (C=O) groups excluding carboxylic acids is 2. The molecule has 0 aliphatic carbocycles. The molecule has 0 aromatic rings. The van der Waals surface area contributed by atoms with Gasteiger partial charge in [-0.3, -0.25) is 9.59 Å². The van der Waals surface area contributed by atoms with Gasteiger partial charge in [0.1, 0.15) is 13.2 Å². The minimum absolute atomic E-state index is 0.124. The lowest BCUT2D eigenvalue weighted by Crippen LogP contribution is -2.17. The second-order valence-corrected chi connectivity index (χ2v) is 7.93. The average molecular weight is 511 g/mol. The molecule has 0 aliphatic rings. The van der Waals surface area contributed by atoms with E-state index in [1.807, 2.05) is 0 Å². The first-order valence-electron chi connectivity index (χ1n) is 12.3. The number of ether oxygens (including phenoxy) is 9. The van der Waals surface area contributed by atoms with Crippen molar-refractivity contribution in [1.29, 1.82) is 0 Å². The van der Waals surface area contributed by atoms with Gasteiger partial charge in [0.05, 0.1) is 104 Å². The Morgan fingerprint density at radius 1 is 0.371 bits per heavy atom. The summed E-state index contributed by atoms with van der Waals surface area (Å²) in [5, 5.41) is 0. The maximum Gasteiger partial charge on any atom is 0.308 e. The molecule has 0 N–H and O–H groups in total. The van der Waals surface area contributed by atoms with Gasteiger partial charge in [-0.15, -0.1) is 0 Å². The third kappa shape index (κ3) is 25.6. The molecule has 0 atom stereocenters. The summed E-state index contributed by atoms with van der Waals surface area (Å²) in [6.45, 7) is 14.1. The minimum atomic E-state index is -0.220. The van der Waals surface area contributed by atoms with Crippen molar-refractivity contribution in [2.75, 3.05) is 106 Å². The molecule has 0 amide bonds. The molecule has 0 unspecified atom stereocenters. The first-order valence-corrected chi connectivity index (χ1v) is 12.3. The maximum atomic E-state index is 11.2. The Kier molecular flexibility index (Phi) is 24.8. The maximum absolute atomic E-state index is 11.2. The van der Waals surface area contributed by atoms with Crippen LogP contribution in [0.3, 0.4) is 0 Å². The summed E-state index contributed by atoms with van der Waals surface area (Å²) in [6.07, 6.45) is 0. The van der Waals surface area contributed by atoms with Crippen molar-refractivity contribution in [3.63, 3.8) is 0 Å². The van der Waals surface area contributed by atoms with Crippen LogP contribution >= 0.6 is 0 Å². The van der Waals surface area contributed by atoms with E-state index in [0.29, 0.717) is 92.5 Å². The molecule has 0 aromatic carbocycles. The number of esters is 2. The first kappa shape index (κ1) is 33.7. The number of hydrogen-bond acceptors (Lipinski definition) is 11. The number of rotatable bonds is 26. The van der Waals surface area contributed by atoms with Gasteiger partial charge in [0.25, 0.3) is 0 Å². The van der Waals surface area contributed by atoms with Crippen LogP contribution in [0.5, 0.6) is 0 Å². The second-order valence-electron chi connectivity index (χ2n) is 7.93. The Labute approximate surface area is 209 Å². The summed E-state index contributed by atoms with van der Waals surface area (Å²) in [4.78, 5) is 22.5. The zero-order valence-corrected chi connectivity index (χ0v) is 22.0. The smallest absolute Gasteiger partial charge is 0.308 e. The third-order valence-electron chi connectivity index (χ3n) is 4.12. The molecule has 0 spiro atoms. The Morgan fingerprint density at radius 2 is 0.543 bits per heavy atom. The molecule has 0 fully saturated rings. The van der Waals surface area contributed by atoms with E-state index in [9.17, 15) is 9.59 Å². The molecule has 0 aliphatic heterocycles. The monoisotopic (exact) mass is 510 g/mol. The van der Waals surface area contributed by atoms with Crippen molar-refractivity contribution in [3.8, 4) is 0 Å². The molecule has 0 saturated heterocycles. The van der Waals surface area contributed by atoms with Crippen molar-refractivity contribution >= 4 is 11.9 Å². The molecule has 35 heavy (non-hydrogen) atoms. The fourth-order valence-electron chi connectivity index (χ4n) is 2.16. The van der Waals surface area contributed by atoms with Gasteiger partial charge >= 0.3 is 11.9 Å². The van der Waals surface area contributed by atoms with Crippen LogP contribution in [0.1, 0.15) is 27.7 Å².